The van der Waals surface area contributed by atoms with Crippen LogP contribution in [0, 0.1) is 5.92 Å². The second kappa shape index (κ2) is 13.3. The standard InChI is InChI=1S/C29H29Cl2N3O5/c1-16(2)25(34-29(37)26-27(39-18(4)35)23(38-5)14-15-32-26)28(36)33-17(3)24(19-6-10-21(30)11-7-19)20-8-12-22(31)13-9-20/h6-16,25H,1-5H3,(H,33,36)(H,34,37)/t25-/m0/s1. The van der Waals surface area contributed by atoms with Gasteiger partial charge in [-0.25, -0.2) is 4.98 Å². The first-order valence-corrected chi connectivity index (χ1v) is 12.8. The average molecular weight is 570 g/mol. The molecule has 1 aromatic heterocycles. The molecule has 10 heteroatoms. The van der Waals surface area contributed by atoms with Gasteiger partial charge < -0.3 is 20.1 Å². The number of carbonyl (C=O) groups is 3. The van der Waals surface area contributed by atoms with Crippen molar-refractivity contribution < 1.29 is 23.9 Å². The Morgan fingerprint density at radius 2 is 1.41 bits per heavy atom. The maximum absolute atomic E-state index is 13.5. The van der Waals surface area contributed by atoms with Gasteiger partial charge in [-0.15, -0.1) is 0 Å². The van der Waals surface area contributed by atoms with Crippen molar-refractivity contribution in [1.29, 1.82) is 0 Å². The molecule has 0 fully saturated rings. The summed E-state index contributed by atoms with van der Waals surface area (Å²) in [5, 5.41) is 6.82. The van der Waals surface area contributed by atoms with Gasteiger partial charge in [0.15, 0.2) is 11.4 Å². The Morgan fingerprint density at radius 3 is 1.87 bits per heavy atom. The van der Waals surface area contributed by atoms with Gasteiger partial charge in [0.1, 0.15) is 6.04 Å². The fourth-order valence-corrected chi connectivity index (χ4v) is 4.15. The number of halogens is 2. The number of rotatable bonds is 9. The fourth-order valence-electron chi connectivity index (χ4n) is 3.90. The molecule has 0 bridgehead atoms. The minimum absolute atomic E-state index is 0.128. The normalized spacial score (nSPS) is 11.4. The number of pyridine rings is 1. The van der Waals surface area contributed by atoms with E-state index in [1.165, 1.54) is 26.3 Å². The zero-order chi connectivity index (χ0) is 28.7. The van der Waals surface area contributed by atoms with Crippen molar-refractivity contribution in [2.24, 2.45) is 5.92 Å². The Morgan fingerprint density at radius 1 is 0.872 bits per heavy atom. The number of ether oxygens (including phenoxy) is 2. The van der Waals surface area contributed by atoms with Gasteiger partial charge in [0, 0.05) is 40.5 Å². The lowest BCUT2D eigenvalue weighted by molar-refractivity contribution is -0.132. The van der Waals surface area contributed by atoms with Gasteiger partial charge in [-0.05, 0) is 48.2 Å². The summed E-state index contributed by atoms with van der Waals surface area (Å²) < 4.78 is 10.4. The molecule has 0 aliphatic rings. The molecule has 3 rings (SSSR count). The minimum Gasteiger partial charge on any atom is -0.493 e. The van der Waals surface area contributed by atoms with Crippen LogP contribution in [0.25, 0.3) is 5.57 Å². The van der Waals surface area contributed by atoms with Crippen molar-refractivity contribution in [3.8, 4) is 11.5 Å². The monoisotopic (exact) mass is 569 g/mol. The van der Waals surface area contributed by atoms with E-state index in [2.05, 4.69) is 15.6 Å². The van der Waals surface area contributed by atoms with E-state index >= 15 is 0 Å². The Hall–Kier alpha value is -3.88. The van der Waals surface area contributed by atoms with Crippen LogP contribution in [0.5, 0.6) is 11.5 Å². The summed E-state index contributed by atoms with van der Waals surface area (Å²) >= 11 is 12.2. The molecule has 0 unspecified atom stereocenters. The van der Waals surface area contributed by atoms with Crippen LogP contribution >= 0.6 is 23.2 Å². The first-order chi connectivity index (χ1) is 18.5. The van der Waals surface area contributed by atoms with Crippen LogP contribution in [-0.2, 0) is 9.59 Å². The van der Waals surface area contributed by atoms with Crippen LogP contribution in [0.2, 0.25) is 10.0 Å². The summed E-state index contributed by atoms with van der Waals surface area (Å²) in [5.41, 5.74) is 2.80. The number of nitrogens with zero attached hydrogens (tertiary/aromatic N) is 1. The van der Waals surface area contributed by atoms with E-state index in [1.54, 1.807) is 45.0 Å². The van der Waals surface area contributed by atoms with Gasteiger partial charge in [0.2, 0.25) is 11.7 Å². The molecule has 204 valence electrons. The average Bonchev–Trinajstić information content (AvgIpc) is 2.89. The lowest BCUT2D eigenvalue weighted by Gasteiger charge is -2.23. The topological polar surface area (TPSA) is 107 Å². The van der Waals surface area contributed by atoms with Crippen LogP contribution in [0.4, 0.5) is 0 Å². The SMILES string of the molecule is COc1ccnc(C(=O)N[C@H](C(=O)NC(C)=C(c2ccc(Cl)cc2)c2ccc(Cl)cc2)C(C)C)c1OC(C)=O. The van der Waals surface area contributed by atoms with Crippen LogP contribution in [0.3, 0.4) is 0 Å². The molecule has 2 aromatic carbocycles. The summed E-state index contributed by atoms with van der Waals surface area (Å²) in [6.45, 7) is 6.58. The van der Waals surface area contributed by atoms with Gasteiger partial charge >= 0.3 is 5.97 Å². The molecule has 3 aromatic rings. The minimum atomic E-state index is -0.942. The molecule has 0 radical (unpaired) electrons. The molecule has 0 aliphatic carbocycles. The number of hydrogen-bond donors (Lipinski definition) is 2. The van der Waals surface area contributed by atoms with E-state index in [9.17, 15) is 14.4 Å². The molecule has 0 saturated carbocycles. The third kappa shape index (κ3) is 7.59. The molecule has 2 amide bonds. The lowest BCUT2D eigenvalue weighted by atomic mass is 9.95. The van der Waals surface area contributed by atoms with Crippen molar-refractivity contribution in [3.05, 3.63) is 93.4 Å². The summed E-state index contributed by atoms with van der Waals surface area (Å²) in [5.74, 6) is -2.04. The Labute approximate surface area is 237 Å². The third-order valence-corrected chi connectivity index (χ3v) is 6.24. The third-order valence-electron chi connectivity index (χ3n) is 5.74. The second-order valence-electron chi connectivity index (χ2n) is 8.98. The van der Waals surface area contributed by atoms with E-state index in [0.717, 1.165) is 16.7 Å². The van der Waals surface area contributed by atoms with Crippen molar-refractivity contribution >= 4 is 46.6 Å². The summed E-state index contributed by atoms with van der Waals surface area (Å²) in [4.78, 5) is 42.4. The number of nitrogens with one attached hydrogen (secondary N) is 2. The number of aromatic nitrogens is 1. The predicted molar refractivity (Wildman–Crippen MR) is 151 cm³/mol. The fraction of sp³-hybridized carbons (Fsp3) is 0.241. The quantitative estimate of drug-likeness (QED) is 0.321. The number of benzene rings is 2. The molecule has 0 aliphatic heterocycles. The van der Waals surface area contributed by atoms with E-state index in [-0.39, 0.29) is 23.1 Å². The Balaban J connectivity index is 1.95. The number of esters is 1. The largest absolute Gasteiger partial charge is 0.493 e. The molecule has 1 atom stereocenters. The Kier molecular flexibility index (Phi) is 10.1. The second-order valence-corrected chi connectivity index (χ2v) is 9.86. The van der Waals surface area contributed by atoms with E-state index in [0.29, 0.717) is 15.7 Å². The highest BCUT2D eigenvalue weighted by atomic mass is 35.5. The van der Waals surface area contributed by atoms with Crippen LogP contribution in [0.1, 0.15) is 49.3 Å². The van der Waals surface area contributed by atoms with Crippen molar-refractivity contribution in [1.82, 2.24) is 15.6 Å². The van der Waals surface area contributed by atoms with Crippen molar-refractivity contribution in [3.63, 3.8) is 0 Å². The summed E-state index contributed by atoms with van der Waals surface area (Å²) in [6.07, 6.45) is 1.35. The molecule has 39 heavy (non-hydrogen) atoms. The zero-order valence-corrected chi connectivity index (χ0v) is 23.7. The number of allylic oxidation sites excluding steroid dienone is 1. The van der Waals surface area contributed by atoms with Gasteiger partial charge in [-0.2, -0.15) is 0 Å². The molecular formula is C29H29Cl2N3O5. The highest BCUT2D eigenvalue weighted by Crippen LogP contribution is 2.30. The number of methoxy groups -OCH3 is 1. The molecule has 0 saturated heterocycles. The van der Waals surface area contributed by atoms with Crippen molar-refractivity contribution in [2.75, 3.05) is 7.11 Å². The molecule has 0 spiro atoms. The van der Waals surface area contributed by atoms with E-state index in [4.69, 9.17) is 32.7 Å². The number of amides is 2. The maximum Gasteiger partial charge on any atom is 0.308 e. The van der Waals surface area contributed by atoms with Gasteiger partial charge in [-0.1, -0.05) is 61.3 Å². The Bertz CT molecular complexity index is 1340. The first-order valence-electron chi connectivity index (χ1n) is 12.1. The lowest BCUT2D eigenvalue weighted by Crippen LogP contribution is -2.49. The van der Waals surface area contributed by atoms with E-state index < -0.39 is 23.8 Å². The smallest absolute Gasteiger partial charge is 0.308 e. The predicted octanol–water partition coefficient (Wildman–Crippen LogP) is 5.67. The van der Waals surface area contributed by atoms with Crippen molar-refractivity contribution in [2.45, 2.75) is 33.7 Å². The van der Waals surface area contributed by atoms with Gasteiger partial charge in [-0.3, -0.25) is 14.4 Å². The summed E-state index contributed by atoms with van der Waals surface area (Å²) in [7, 11) is 1.38. The van der Waals surface area contributed by atoms with Crippen LogP contribution < -0.4 is 20.1 Å². The number of carbonyl (C=O) groups excluding carboxylic acids is 3. The molecule has 1 heterocycles. The molecular weight excluding hydrogens is 541 g/mol. The maximum atomic E-state index is 13.5. The van der Waals surface area contributed by atoms with Gasteiger partial charge in [0.25, 0.3) is 5.91 Å². The molecule has 2 N–H and O–H groups in total. The number of hydrogen-bond acceptors (Lipinski definition) is 6. The van der Waals surface area contributed by atoms with Crippen LogP contribution in [-0.4, -0.2) is 35.9 Å². The molecule has 8 nitrogen and oxygen atoms in total. The zero-order valence-electron chi connectivity index (χ0n) is 22.2. The van der Waals surface area contributed by atoms with Gasteiger partial charge in [0.05, 0.1) is 7.11 Å². The van der Waals surface area contributed by atoms with Crippen LogP contribution in [0.15, 0.2) is 66.5 Å². The van der Waals surface area contributed by atoms with E-state index in [1.807, 2.05) is 24.3 Å². The highest BCUT2D eigenvalue weighted by molar-refractivity contribution is 6.31. The highest BCUT2D eigenvalue weighted by Gasteiger charge is 2.29. The first kappa shape index (κ1) is 29.7. The summed E-state index contributed by atoms with van der Waals surface area (Å²) in [6, 6.07) is 15.0.